The number of allylic oxidation sites excluding steroid dienone is 1. The molecule has 1 amide bonds. The molecular formula is C13H23ClN2O. The monoisotopic (exact) mass is 258 g/mol. The summed E-state index contributed by atoms with van der Waals surface area (Å²) in [6, 6.07) is 0.401. The summed E-state index contributed by atoms with van der Waals surface area (Å²) in [6.07, 6.45) is 6.97. The largest absolute Gasteiger partial charge is 0.352 e. The van der Waals surface area contributed by atoms with Crippen molar-refractivity contribution in [1.82, 2.24) is 10.2 Å². The predicted octanol–water partition coefficient (Wildman–Crippen LogP) is 1.83. The molecule has 0 aromatic heterocycles. The van der Waals surface area contributed by atoms with Crippen LogP contribution >= 0.6 is 12.4 Å². The van der Waals surface area contributed by atoms with E-state index in [0.29, 0.717) is 18.5 Å². The van der Waals surface area contributed by atoms with Crippen LogP contribution in [0.1, 0.15) is 26.7 Å². The maximum Gasteiger partial charge on any atom is 0.234 e. The fourth-order valence-electron chi connectivity index (χ4n) is 2.85. The summed E-state index contributed by atoms with van der Waals surface area (Å²) in [5.41, 5.74) is 0. The minimum absolute atomic E-state index is 0. The van der Waals surface area contributed by atoms with Gasteiger partial charge in [0, 0.05) is 6.04 Å². The van der Waals surface area contributed by atoms with Gasteiger partial charge in [-0.1, -0.05) is 26.0 Å². The van der Waals surface area contributed by atoms with E-state index in [1.807, 2.05) is 0 Å². The van der Waals surface area contributed by atoms with Gasteiger partial charge in [-0.3, -0.25) is 9.69 Å². The summed E-state index contributed by atoms with van der Waals surface area (Å²) in [5, 5.41) is 3.18. The first-order valence-electron chi connectivity index (χ1n) is 6.43. The van der Waals surface area contributed by atoms with Crippen LogP contribution in [-0.4, -0.2) is 36.5 Å². The van der Waals surface area contributed by atoms with Crippen molar-refractivity contribution in [2.24, 2.45) is 11.8 Å². The van der Waals surface area contributed by atoms with Crippen LogP contribution in [0.2, 0.25) is 0 Å². The summed E-state index contributed by atoms with van der Waals surface area (Å²) in [5.74, 6) is 1.52. The molecular weight excluding hydrogens is 236 g/mol. The van der Waals surface area contributed by atoms with Crippen molar-refractivity contribution < 1.29 is 4.79 Å². The lowest BCUT2D eigenvalue weighted by atomic mass is 10.0. The standard InChI is InChI=1S/C13H22N2O.ClH/c1-3-15(4-2)9-13(16)14-12-8-10-5-6-11(12)7-10;/h5-6,10-12H,3-4,7-9H2,1-2H3,(H,14,16);1H. The van der Waals surface area contributed by atoms with Gasteiger partial charge in [-0.25, -0.2) is 0 Å². The van der Waals surface area contributed by atoms with Gasteiger partial charge in [0.05, 0.1) is 6.54 Å². The van der Waals surface area contributed by atoms with Crippen molar-refractivity contribution >= 4 is 18.3 Å². The van der Waals surface area contributed by atoms with Crippen LogP contribution in [-0.2, 0) is 4.79 Å². The number of hydrogen-bond acceptors (Lipinski definition) is 2. The number of amides is 1. The molecule has 0 spiro atoms. The number of likely N-dealkylation sites (N-methyl/N-ethyl adjacent to an activating group) is 1. The molecule has 3 atom stereocenters. The zero-order valence-corrected chi connectivity index (χ0v) is 11.5. The molecule has 2 rings (SSSR count). The van der Waals surface area contributed by atoms with Crippen LogP contribution in [0.4, 0.5) is 0 Å². The Morgan fingerprint density at radius 3 is 2.47 bits per heavy atom. The molecule has 2 aliphatic carbocycles. The first-order valence-corrected chi connectivity index (χ1v) is 6.43. The smallest absolute Gasteiger partial charge is 0.234 e. The van der Waals surface area contributed by atoms with Crippen LogP contribution < -0.4 is 5.32 Å². The minimum Gasteiger partial charge on any atom is -0.352 e. The quantitative estimate of drug-likeness (QED) is 0.763. The molecule has 1 fully saturated rings. The van der Waals surface area contributed by atoms with Gasteiger partial charge in [-0.05, 0) is 37.8 Å². The minimum atomic E-state index is 0. The van der Waals surface area contributed by atoms with E-state index in [9.17, 15) is 4.79 Å². The Bertz CT molecular complexity index is 289. The zero-order valence-electron chi connectivity index (χ0n) is 10.7. The van der Waals surface area contributed by atoms with Gasteiger partial charge < -0.3 is 5.32 Å². The first-order chi connectivity index (χ1) is 7.72. The number of nitrogens with zero attached hydrogens (tertiary/aromatic N) is 1. The molecule has 4 heteroatoms. The lowest BCUT2D eigenvalue weighted by molar-refractivity contribution is -0.123. The number of hydrogen-bond donors (Lipinski definition) is 1. The lowest BCUT2D eigenvalue weighted by Crippen LogP contribution is -2.43. The maximum atomic E-state index is 11.8. The average Bonchev–Trinajstić information content (AvgIpc) is 2.87. The molecule has 17 heavy (non-hydrogen) atoms. The summed E-state index contributed by atoms with van der Waals surface area (Å²) >= 11 is 0. The molecule has 3 unspecified atom stereocenters. The molecule has 0 heterocycles. The van der Waals surface area contributed by atoms with Gasteiger partial charge in [0.15, 0.2) is 0 Å². The summed E-state index contributed by atoms with van der Waals surface area (Å²) in [6.45, 7) is 6.62. The molecule has 0 aromatic carbocycles. The Labute approximate surface area is 110 Å². The SMILES string of the molecule is CCN(CC)CC(=O)NC1CC2C=CC1C2.Cl. The third-order valence-electron chi connectivity index (χ3n) is 3.89. The molecule has 3 nitrogen and oxygen atoms in total. The maximum absolute atomic E-state index is 11.8. The number of rotatable bonds is 5. The lowest BCUT2D eigenvalue weighted by Gasteiger charge is -2.23. The highest BCUT2D eigenvalue weighted by atomic mass is 35.5. The van der Waals surface area contributed by atoms with E-state index in [2.05, 4.69) is 36.2 Å². The van der Waals surface area contributed by atoms with Crippen molar-refractivity contribution in [3.05, 3.63) is 12.2 Å². The summed E-state index contributed by atoms with van der Waals surface area (Å²) in [7, 11) is 0. The molecule has 2 bridgehead atoms. The van der Waals surface area contributed by atoms with Crippen molar-refractivity contribution in [2.45, 2.75) is 32.7 Å². The second kappa shape index (κ2) is 6.41. The van der Waals surface area contributed by atoms with E-state index in [-0.39, 0.29) is 18.3 Å². The van der Waals surface area contributed by atoms with Gasteiger partial charge in [0.2, 0.25) is 5.91 Å². The van der Waals surface area contributed by atoms with Crippen LogP contribution in [0.5, 0.6) is 0 Å². The van der Waals surface area contributed by atoms with Crippen molar-refractivity contribution in [1.29, 1.82) is 0 Å². The topological polar surface area (TPSA) is 32.3 Å². The molecule has 0 saturated heterocycles. The van der Waals surface area contributed by atoms with Crippen LogP contribution in [0, 0.1) is 11.8 Å². The Balaban J connectivity index is 0.00000144. The summed E-state index contributed by atoms with van der Waals surface area (Å²) < 4.78 is 0. The van der Waals surface area contributed by atoms with Gasteiger partial charge >= 0.3 is 0 Å². The third kappa shape index (κ3) is 3.46. The van der Waals surface area contributed by atoms with Gasteiger partial charge in [0.1, 0.15) is 0 Å². The van der Waals surface area contributed by atoms with Crippen molar-refractivity contribution in [3.8, 4) is 0 Å². The molecule has 2 aliphatic rings. The van der Waals surface area contributed by atoms with E-state index in [0.717, 1.165) is 25.4 Å². The predicted molar refractivity (Wildman–Crippen MR) is 72.3 cm³/mol. The van der Waals surface area contributed by atoms with Crippen molar-refractivity contribution in [3.63, 3.8) is 0 Å². The molecule has 98 valence electrons. The second-order valence-electron chi connectivity index (χ2n) is 4.92. The Morgan fingerprint density at radius 2 is 2.00 bits per heavy atom. The van der Waals surface area contributed by atoms with Crippen LogP contribution in [0.15, 0.2) is 12.2 Å². The second-order valence-corrected chi connectivity index (χ2v) is 4.92. The van der Waals surface area contributed by atoms with Crippen LogP contribution in [0.3, 0.4) is 0 Å². The molecule has 1 N–H and O–H groups in total. The highest BCUT2D eigenvalue weighted by Crippen LogP contribution is 2.38. The molecule has 1 saturated carbocycles. The highest BCUT2D eigenvalue weighted by Gasteiger charge is 2.36. The van der Waals surface area contributed by atoms with Gasteiger partial charge in [0.25, 0.3) is 0 Å². The van der Waals surface area contributed by atoms with E-state index in [1.165, 1.54) is 6.42 Å². The Kier molecular flexibility index (Phi) is 5.47. The molecule has 0 aliphatic heterocycles. The van der Waals surface area contributed by atoms with Gasteiger partial charge in [-0.2, -0.15) is 0 Å². The fraction of sp³-hybridized carbons (Fsp3) is 0.769. The van der Waals surface area contributed by atoms with E-state index < -0.39 is 0 Å². The van der Waals surface area contributed by atoms with Gasteiger partial charge in [-0.15, -0.1) is 12.4 Å². The molecule has 0 radical (unpaired) electrons. The Morgan fingerprint density at radius 1 is 1.29 bits per heavy atom. The summed E-state index contributed by atoms with van der Waals surface area (Å²) in [4.78, 5) is 14.0. The normalized spacial score (nSPS) is 29.5. The number of fused-ring (bicyclic) bond motifs is 2. The number of nitrogens with one attached hydrogen (secondary N) is 1. The fourth-order valence-corrected chi connectivity index (χ4v) is 2.85. The molecule has 0 aromatic rings. The average molecular weight is 259 g/mol. The Hall–Kier alpha value is -0.540. The van der Waals surface area contributed by atoms with E-state index in [1.54, 1.807) is 0 Å². The number of carbonyl (C=O) groups is 1. The number of halogens is 1. The van der Waals surface area contributed by atoms with Crippen molar-refractivity contribution in [2.75, 3.05) is 19.6 Å². The highest BCUT2D eigenvalue weighted by molar-refractivity contribution is 5.85. The van der Waals surface area contributed by atoms with E-state index in [4.69, 9.17) is 0 Å². The number of carbonyl (C=O) groups excluding carboxylic acids is 1. The third-order valence-corrected chi connectivity index (χ3v) is 3.89. The first kappa shape index (κ1) is 14.5. The van der Waals surface area contributed by atoms with Crippen LogP contribution in [0.25, 0.3) is 0 Å². The van der Waals surface area contributed by atoms with E-state index >= 15 is 0 Å². The zero-order chi connectivity index (χ0) is 11.5.